The van der Waals surface area contributed by atoms with Crippen LogP contribution in [-0.4, -0.2) is 64.9 Å². The predicted octanol–water partition coefficient (Wildman–Crippen LogP) is 1.64. The van der Waals surface area contributed by atoms with Crippen LogP contribution in [-0.2, 0) is 14.2 Å². The molecule has 0 unspecified atom stereocenters. The Bertz CT molecular complexity index is 657. The van der Waals surface area contributed by atoms with Crippen molar-refractivity contribution in [1.82, 2.24) is 0 Å². The van der Waals surface area contributed by atoms with E-state index in [9.17, 15) is 5.11 Å². The quantitative estimate of drug-likeness (QED) is 0.548. The molecular weight excluding hydrogens is 354 g/mol. The molecule has 154 valence electrons. The molecule has 5 heteroatoms. The van der Waals surface area contributed by atoms with Crippen LogP contribution >= 0.6 is 0 Å². The third kappa shape index (κ3) is 7.34. The molecule has 0 fully saturated rings. The summed E-state index contributed by atoms with van der Waals surface area (Å²) in [5.74, 6) is 0. The Balaban J connectivity index is 2.03. The van der Waals surface area contributed by atoms with Crippen LogP contribution in [0.15, 0.2) is 54.6 Å². The number of methoxy groups -OCH3 is 2. The SMILES string of the molecule is COCC[NH+](CCOC)C[C@@H](O)CO[C@@H](c1ccccc1)c1ccccc1C. The molecule has 2 rings (SSSR count). The number of rotatable bonds is 13. The second-order valence-electron chi connectivity index (χ2n) is 7.07. The lowest BCUT2D eigenvalue weighted by Gasteiger charge is -2.25. The van der Waals surface area contributed by atoms with Crippen molar-refractivity contribution in [2.45, 2.75) is 19.1 Å². The summed E-state index contributed by atoms with van der Waals surface area (Å²) in [4.78, 5) is 1.24. The highest BCUT2D eigenvalue weighted by atomic mass is 16.5. The Labute approximate surface area is 168 Å². The van der Waals surface area contributed by atoms with Gasteiger partial charge in [0, 0.05) is 14.2 Å². The summed E-state index contributed by atoms with van der Waals surface area (Å²) < 4.78 is 16.6. The molecule has 0 saturated carbocycles. The highest BCUT2D eigenvalue weighted by Crippen LogP contribution is 2.28. The fourth-order valence-electron chi connectivity index (χ4n) is 3.30. The highest BCUT2D eigenvalue weighted by molar-refractivity contribution is 5.35. The Kier molecular flexibility index (Phi) is 10.2. The van der Waals surface area contributed by atoms with E-state index in [4.69, 9.17) is 14.2 Å². The number of quaternary nitrogens is 1. The topological polar surface area (TPSA) is 52.4 Å². The Morgan fingerprint density at radius 1 is 0.893 bits per heavy atom. The monoisotopic (exact) mass is 388 g/mol. The van der Waals surface area contributed by atoms with Gasteiger partial charge in [-0.05, 0) is 23.6 Å². The van der Waals surface area contributed by atoms with E-state index >= 15 is 0 Å². The molecule has 0 saturated heterocycles. The predicted molar refractivity (Wildman–Crippen MR) is 111 cm³/mol. The summed E-state index contributed by atoms with van der Waals surface area (Å²) in [5, 5.41) is 10.6. The van der Waals surface area contributed by atoms with Gasteiger partial charge in [0.15, 0.2) is 0 Å². The molecule has 2 aromatic rings. The van der Waals surface area contributed by atoms with E-state index in [1.54, 1.807) is 14.2 Å². The zero-order chi connectivity index (χ0) is 20.2. The lowest BCUT2D eigenvalue weighted by molar-refractivity contribution is -0.904. The van der Waals surface area contributed by atoms with Gasteiger partial charge in [0.25, 0.3) is 0 Å². The molecule has 0 radical (unpaired) electrons. The molecular formula is C23H34NO4+. The van der Waals surface area contributed by atoms with Crippen molar-refractivity contribution in [2.24, 2.45) is 0 Å². The fraction of sp³-hybridized carbons (Fsp3) is 0.478. The number of nitrogens with one attached hydrogen (secondary N) is 1. The van der Waals surface area contributed by atoms with Crippen molar-refractivity contribution in [1.29, 1.82) is 0 Å². The minimum absolute atomic E-state index is 0.196. The average Bonchev–Trinajstić information content (AvgIpc) is 2.72. The van der Waals surface area contributed by atoms with Crippen molar-refractivity contribution in [3.05, 3.63) is 71.3 Å². The van der Waals surface area contributed by atoms with Crippen LogP contribution in [0.3, 0.4) is 0 Å². The van der Waals surface area contributed by atoms with E-state index in [0.29, 0.717) is 19.8 Å². The number of aliphatic hydroxyl groups excluding tert-OH is 1. The minimum atomic E-state index is -0.557. The molecule has 28 heavy (non-hydrogen) atoms. The van der Waals surface area contributed by atoms with Gasteiger partial charge in [-0.2, -0.15) is 0 Å². The molecule has 0 bridgehead atoms. The van der Waals surface area contributed by atoms with Crippen molar-refractivity contribution < 1.29 is 24.2 Å². The number of benzene rings is 2. The zero-order valence-electron chi connectivity index (χ0n) is 17.3. The molecule has 0 aliphatic heterocycles. The summed E-state index contributed by atoms with van der Waals surface area (Å²) in [5.41, 5.74) is 3.40. The summed E-state index contributed by atoms with van der Waals surface area (Å²) in [7, 11) is 3.39. The van der Waals surface area contributed by atoms with Crippen LogP contribution in [0, 0.1) is 6.92 Å². The maximum atomic E-state index is 10.6. The third-order valence-corrected chi connectivity index (χ3v) is 4.87. The lowest BCUT2D eigenvalue weighted by atomic mass is 9.97. The second kappa shape index (κ2) is 12.6. The number of hydrogen-bond acceptors (Lipinski definition) is 4. The van der Waals surface area contributed by atoms with E-state index in [1.807, 2.05) is 30.3 Å². The average molecular weight is 389 g/mol. The molecule has 0 aliphatic rings. The minimum Gasteiger partial charge on any atom is -0.385 e. The number of hydrogen-bond donors (Lipinski definition) is 2. The Hall–Kier alpha value is -1.76. The van der Waals surface area contributed by atoms with E-state index in [1.165, 1.54) is 10.5 Å². The first-order chi connectivity index (χ1) is 13.7. The normalized spacial score (nSPS) is 13.6. The maximum absolute atomic E-state index is 10.6. The molecule has 2 atom stereocenters. The highest BCUT2D eigenvalue weighted by Gasteiger charge is 2.21. The summed E-state index contributed by atoms with van der Waals surface area (Å²) in [6, 6.07) is 18.4. The molecule has 2 aromatic carbocycles. The maximum Gasteiger partial charge on any atom is 0.126 e. The van der Waals surface area contributed by atoms with Crippen LogP contribution in [0.25, 0.3) is 0 Å². The molecule has 0 aromatic heterocycles. The fourth-order valence-corrected chi connectivity index (χ4v) is 3.30. The van der Waals surface area contributed by atoms with Gasteiger partial charge in [0.2, 0.25) is 0 Å². The van der Waals surface area contributed by atoms with Crippen LogP contribution in [0.2, 0.25) is 0 Å². The Morgan fingerprint density at radius 2 is 1.50 bits per heavy atom. The second-order valence-corrected chi connectivity index (χ2v) is 7.07. The van der Waals surface area contributed by atoms with Gasteiger partial charge in [-0.3, -0.25) is 0 Å². The van der Waals surface area contributed by atoms with Crippen molar-refractivity contribution in [3.8, 4) is 0 Å². The lowest BCUT2D eigenvalue weighted by Crippen LogP contribution is -3.14. The smallest absolute Gasteiger partial charge is 0.126 e. The molecule has 0 aliphatic carbocycles. The van der Waals surface area contributed by atoms with Crippen LogP contribution in [0.1, 0.15) is 22.8 Å². The molecule has 2 N–H and O–H groups in total. The van der Waals surface area contributed by atoms with Gasteiger partial charge in [-0.15, -0.1) is 0 Å². The van der Waals surface area contributed by atoms with Crippen molar-refractivity contribution >= 4 is 0 Å². The standard InChI is InChI=1S/C23H33NO4/c1-19-9-7-8-12-22(19)23(20-10-5-4-6-11-20)28-18-21(25)17-24(13-15-26-2)14-16-27-3/h4-12,21,23,25H,13-18H2,1-3H3/p+1/t21-,23+/m1/s1. The first-order valence-corrected chi connectivity index (χ1v) is 9.87. The van der Waals surface area contributed by atoms with E-state index < -0.39 is 6.10 Å². The first kappa shape index (κ1) is 22.5. The molecule has 5 nitrogen and oxygen atoms in total. The number of aryl methyl sites for hydroxylation is 1. The largest absolute Gasteiger partial charge is 0.385 e. The van der Waals surface area contributed by atoms with E-state index in [0.717, 1.165) is 24.2 Å². The summed E-state index contributed by atoms with van der Waals surface area (Å²) in [6.07, 6.45) is -0.752. The van der Waals surface area contributed by atoms with Gasteiger partial charge < -0.3 is 24.2 Å². The molecule has 0 heterocycles. The van der Waals surface area contributed by atoms with Gasteiger partial charge in [-0.25, -0.2) is 0 Å². The zero-order valence-corrected chi connectivity index (χ0v) is 17.3. The Morgan fingerprint density at radius 3 is 2.11 bits per heavy atom. The van der Waals surface area contributed by atoms with Crippen molar-refractivity contribution in [3.63, 3.8) is 0 Å². The first-order valence-electron chi connectivity index (χ1n) is 9.87. The van der Waals surface area contributed by atoms with Crippen molar-refractivity contribution in [2.75, 3.05) is 53.7 Å². The van der Waals surface area contributed by atoms with Crippen LogP contribution in [0.4, 0.5) is 0 Å². The van der Waals surface area contributed by atoms with E-state index in [2.05, 4.69) is 31.2 Å². The molecule has 0 amide bonds. The number of aliphatic hydroxyl groups is 1. The molecule has 0 spiro atoms. The van der Waals surface area contributed by atoms with E-state index in [-0.39, 0.29) is 12.7 Å². The number of ether oxygens (including phenoxy) is 3. The van der Waals surface area contributed by atoms with Gasteiger partial charge in [-0.1, -0.05) is 54.6 Å². The third-order valence-electron chi connectivity index (χ3n) is 4.87. The van der Waals surface area contributed by atoms with Gasteiger partial charge in [0.05, 0.1) is 19.8 Å². The summed E-state index contributed by atoms with van der Waals surface area (Å²) in [6.45, 7) is 5.93. The van der Waals surface area contributed by atoms with Crippen LogP contribution < -0.4 is 4.90 Å². The van der Waals surface area contributed by atoms with Crippen LogP contribution in [0.5, 0.6) is 0 Å². The van der Waals surface area contributed by atoms with Gasteiger partial charge >= 0.3 is 0 Å². The van der Waals surface area contributed by atoms with Gasteiger partial charge in [0.1, 0.15) is 31.8 Å². The summed E-state index contributed by atoms with van der Waals surface area (Å²) >= 11 is 0.